The normalized spacial score (nSPS) is 8.53. The number of hydrogen-bond acceptors (Lipinski definition) is 6. The van der Waals surface area contributed by atoms with Gasteiger partial charge in [0.15, 0.2) is 0 Å². The fourth-order valence-electron chi connectivity index (χ4n) is 0.719. The van der Waals surface area contributed by atoms with Crippen LogP contribution in [0.1, 0.15) is 12.5 Å². The van der Waals surface area contributed by atoms with Crippen molar-refractivity contribution in [1.29, 1.82) is 5.26 Å². The minimum Gasteiger partial charge on any atom is -0.758 e. The van der Waals surface area contributed by atoms with Crippen LogP contribution in [0.3, 0.4) is 0 Å². The van der Waals surface area contributed by atoms with Crippen molar-refractivity contribution < 1.29 is 39.1 Å². The van der Waals surface area contributed by atoms with Gasteiger partial charge in [-0.3, -0.25) is 5.32 Å². The van der Waals surface area contributed by atoms with Gasteiger partial charge in [-0.15, -0.1) is 0 Å². The molecule has 15 heavy (non-hydrogen) atoms. The second kappa shape index (κ2) is 6.98. The van der Waals surface area contributed by atoms with Gasteiger partial charge in [0.1, 0.15) is 11.1 Å². The maximum absolute atomic E-state index is 11.0. The molecule has 1 aromatic heterocycles. The molecule has 1 N–H and O–H groups in total. The van der Waals surface area contributed by atoms with Crippen molar-refractivity contribution in [2.45, 2.75) is 11.9 Å². The zero-order valence-electron chi connectivity index (χ0n) is 8.23. The van der Waals surface area contributed by atoms with Crippen LogP contribution in [0.15, 0.2) is 5.03 Å². The van der Waals surface area contributed by atoms with Crippen LogP contribution >= 0.6 is 11.5 Å². The van der Waals surface area contributed by atoms with Gasteiger partial charge in [-0.1, -0.05) is 0 Å². The van der Waals surface area contributed by atoms with Gasteiger partial charge in [-0.05, 0) is 23.5 Å². The van der Waals surface area contributed by atoms with Crippen LogP contribution in [-0.2, 0) is 17.4 Å². The van der Waals surface area contributed by atoms with E-state index in [4.69, 9.17) is 17.9 Å². The number of nitrogens with one attached hydrogen (secondary N) is 1. The Labute approximate surface area is 119 Å². The Morgan fingerprint density at radius 3 is 3.00 bits per heavy atom. The SMILES string of the molecule is CCOC(=O)Nc1snc([S-])c1C#N.[Na+]. The van der Waals surface area contributed by atoms with Crippen molar-refractivity contribution in [2.24, 2.45) is 0 Å². The molecular weight excluding hydrogens is 245 g/mol. The number of anilines is 1. The van der Waals surface area contributed by atoms with Crippen LogP contribution in [0.2, 0.25) is 0 Å². The molecule has 1 rings (SSSR count). The molecule has 1 amide bonds. The summed E-state index contributed by atoms with van der Waals surface area (Å²) in [6.45, 7) is 1.96. The van der Waals surface area contributed by atoms with E-state index < -0.39 is 6.09 Å². The van der Waals surface area contributed by atoms with Gasteiger partial charge >= 0.3 is 35.7 Å². The molecule has 0 bridgehead atoms. The maximum atomic E-state index is 11.0. The smallest absolute Gasteiger partial charge is 0.758 e. The molecule has 0 radical (unpaired) electrons. The molecule has 0 aliphatic heterocycles. The molecule has 1 aromatic rings. The summed E-state index contributed by atoms with van der Waals surface area (Å²) in [5.74, 6) is 0. The summed E-state index contributed by atoms with van der Waals surface area (Å²) in [6, 6.07) is 1.86. The Morgan fingerprint density at radius 2 is 2.47 bits per heavy atom. The molecular formula is C7H6N3NaO2S2. The first-order chi connectivity index (χ1) is 6.69. The molecule has 0 fully saturated rings. The summed E-state index contributed by atoms with van der Waals surface area (Å²) >= 11 is 5.74. The number of carbonyl (C=O) groups excluding carboxylic acids is 1. The van der Waals surface area contributed by atoms with Crippen molar-refractivity contribution in [2.75, 3.05) is 11.9 Å². The average Bonchev–Trinajstić information content (AvgIpc) is 2.47. The van der Waals surface area contributed by atoms with E-state index in [1.54, 1.807) is 6.92 Å². The molecule has 0 saturated carbocycles. The van der Waals surface area contributed by atoms with E-state index in [1.807, 2.05) is 6.07 Å². The Balaban J connectivity index is 0.00000196. The zero-order chi connectivity index (χ0) is 10.6. The van der Waals surface area contributed by atoms with E-state index in [-0.39, 0.29) is 46.8 Å². The molecule has 74 valence electrons. The molecule has 5 nitrogen and oxygen atoms in total. The summed E-state index contributed by atoms with van der Waals surface area (Å²) in [4.78, 5) is 11.0. The van der Waals surface area contributed by atoms with Crippen molar-refractivity contribution in [3.8, 4) is 6.07 Å². The van der Waals surface area contributed by atoms with Gasteiger partial charge < -0.3 is 17.4 Å². The second-order valence-electron chi connectivity index (χ2n) is 2.15. The van der Waals surface area contributed by atoms with Gasteiger partial charge in [0.2, 0.25) is 0 Å². The number of amides is 1. The molecule has 0 atom stereocenters. The number of hydrogen-bond donors (Lipinski definition) is 1. The van der Waals surface area contributed by atoms with Gasteiger partial charge in [0.25, 0.3) is 0 Å². The van der Waals surface area contributed by atoms with E-state index in [9.17, 15) is 4.79 Å². The number of rotatable bonds is 2. The van der Waals surface area contributed by atoms with Crippen LogP contribution < -0.4 is 34.9 Å². The minimum atomic E-state index is -0.609. The predicted octanol–water partition coefficient (Wildman–Crippen LogP) is -1.51. The van der Waals surface area contributed by atoms with Crippen LogP contribution in [0.5, 0.6) is 0 Å². The third kappa shape index (κ3) is 3.93. The fraction of sp³-hybridized carbons (Fsp3) is 0.286. The van der Waals surface area contributed by atoms with Crippen molar-refractivity contribution in [1.82, 2.24) is 4.37 Å². The van der Waals surface area contributed by atoms with Crippen LogP contribution in [0.4, 0.5) is 9.80 Å². The number of nitriles is 1. The van der Waals surface area contributed by atoms with E-state index in [1.165, 1.54) is 0 Å². The van der Waals surface area contributed by atoms with E-state index in [2.05, 4.69) is 14.4 Å². The molecule has 0 aliphatic carbocycles. The number of nitrogens with zero attached hydrogens (tertiary/aromatic N) is 2. The average molecular weight is 251 g/mol. The Bertz CT molecular complexity index is 388. The summed E-state index contributed by atoms with van der Waals surface area (Å²) < 4.78 is 8.40. The molecule has 0 spiro atoms. The van der Waals surface area contributed by atoms with E-state index >= 15 is 0 Å². The first-order valence-electron chi connectivity index (χ1n) is 3.69. The van der Waals surface area contributed by atoms with Crippen LogP contribution in [-0.4, -0.2) is 17.1 Å². The Hall–Kier alpha value is -0.390. The minimum absolute atomic E-state index is 0. The van der Waals surface area contributed by atoms with Crippen molar-refractivity contribution in [3.63, 3.8) is 0 Å². The first kappa shape index (κ1) is 14.6. The summed E-state index contributed by atoms with van der Waals surface area (Å²) in [5, 5.41) is 11.6. The number of ether oxygens (including phenoxy) is 1. The standard InChI is InChI=1S/C7H7N3O2S2.Na/c1-2-12-7(11)9-6-4(3-8)5(13)10-14-6;/h2H2,1H3,(H,9,11)(H,10,13);/q;+1/p-1. The molecule has 0 saturated heterocycles. The van der Waals surface area contributed by atoms with Crippen LogP contribution in [0.25, 0.3) is 0 Å². The van der Waals surface area contributed by atoms with Crippen LogP contribution in [0, 0.1) is 11.3 Å². The van der Waals surface area contributed by atoms with Gasteiger partial charge in [0.05, 0.1) is 12.2 Å². The quantitative estimate of drug-likeness (QED) is 0.511. The number of carbonyl (C=O) groups is 1. The molecule has 0 unspecified atom stereocenters. The Kier molecular flexibility index (Phi) is 6.80. The van der Waals surface area contributed by atoms with E-state index in [0.29, 0.717) is 5.00 Å². The summed E-state index contributed by atoms with van der Waals surface area (Å²) in [6.07, 6.45) is -0.609. The monoisotopic (exact) mass is 251 g/mol. The zero-order valence-corrected chi connectivity index (χ0v) is 11.9. The van der Waals surface area contributed by atoms with Crippen molar-refractivity contribution >= 4 is 35.3 Å². The van der Waals surface area contributed by atoms with Gasteiger partial charge in [-0.2, -0.15) is 5.26 Å². The molecule has 0 aromatic carbocycles. The topological polar surface area (TPSA) is 75.0 Å². The maximum Gasteiger partial charge on any atom is 1.00 e. The third-order valence-electron chi connectivity index (χ3n) is 1.26. The largest absolute Gasteiger partial charge is 1.00 e. The van der Waals surface area contributed by atoms with Gasteiger partial charge in [-0.25, -0.2) is 9.17 Å². The van der Waals surface area contributed by atoms with E-state index in [0.717, 1.165) is 11.5 Å². The summed E-state index contributed by atoms with van der Waals surface area (Å²) in [5.41, 5.74) is 0.207. The predicted molar refractivity (Wildman–Crippen MR) is 53.1 cm³/mol. The third-order valence-corrected chi connectivity index (χ3v) is 2.44. The first-order valence-corrected chi connectivity index (χ1v) is 4.87. The Morgan fingerprint density at radius 1 is 1.80 bits per heavy atom. The second-order valence-corrected chi connectivity index (χ2v) is 3.31. The number of aromatic nitrogens is 1. The summed E-state index contributed by atoms with van der Waals surface area (Å²) in [7, 11) is 0. The molecule has 0 aliphatic rings. The fourth-order valence-corrected chi connectivity index (χ4v) is 1.67. The van der Waals surface area contributed by atoms with Crippen molar-refractivity contribution in [3.05, 3.63) is 5.56 Å². The molecule has 8 heteroatoms. The molecule has 1 heterocycles. The van der Waals surface area contributed by atoms with Gasteiger partial charge in [0, 0.05) is 0 Å².